The molecule has 1 aliphatic carbocycles. The molecular weight excluding hydrogens is 336 g/mol. The molecule has 5 heteroatoms. The highest BCUT2D eigenvalue weighted by molar-refractivity contribution is 6.31. The summed E-state index contributed by atoms with van der Waals surface area (Å²) in [5.74, 6) is 0.197. The first-order valence-corrected chi connectivity index (χ1v) is 8.70. The van der Waals surface area contributed by atoms with Gasteiger partial charge in [0.2, 0.25) is 0 Å². The molecule has 0 fully saturated rings. The number of ketones is 1. The monoisotopic (exact) mass is 352 g/mol. The number of benzene rings is 2. The number of carbonyl (C=O) groups is 1. The van der Waals surface area contributed by atoms with Crippen molar-refractivity contribution in [3.8, 4) is 0 Å². The smallest absolute Gasteiger partial charge is 0.253 e. The summed E-state index contributed by atoms with van der Waals surface area (Å²) in [6.45, 7) is 0.391. The zero-order valence-electron chi connectivity index (χ0n) is 13.6. The third kappa shape index (κ3) is 3.05. The number of halogens is 1. The van der Waals surface area contributed by atoms with Crippen molar-refractivity contribution < 1.29 is 4.79 Å². The fourth-order valence-corrected chi connectivity index (χ4v) is 3.57. The maximum Gasteiger partial charge on any atom is 0.253 e. The molecule has 0 saturated carbocycles. The van der Waals surface area contributed by atoms with Crippen molar-refractivity contribution >= 4 is 34.0 Å². The minimum Gasteiger partial charge on any atom is -0.381 e. The Labute approximate surface area is 149 Å². The number of Topliss-reactive ketones (excluding diaryl/α,β-unsaturated/α-hetero) is 1. The van der Waals surface area contributed by atoms with Gasteiger partial charge in [0.05, 0.1) is 0 Å². The number of nitrogens with one attached hydrogen (secondary N) is 2. The fraction of sp³-hybridized carbons (Fsp3) is 0.200. The molecule has 4 rings (SSSR count). The number of aromatic amines is 1. The second-order valence-corrected chi connectivity index (χ2v) is 6.75. The molecule has 1 aromatic heterocycles. The summed E-state index contributed by atoms with van der Waals surface area (Å²) in [6, 6.07) is 13.0. The molecule has 3 aromatic rings. The van der Waals surface area contributed by atoms with E-state index >= 15 is 0 Å². The molecule has 0 unspecified atom stereocenters. The number of rotatable bonds is 3. The number of pyridine rings is 1. The Balaban J connectivity index is 1.65. The van der Waals surface area contributed by atoms with E-state index in [2.05, 4.69) is 10.3 Å². The van der Waals surface area contributed by atoms with E-state index in [4.69, 9.17) is 11.6 Å². The molecule has 2 N–H and O–H groups in total. The van der Waals surface area contributed by atoms with E-state index in [1.807, 2.05) is 30.3 Å². The van der Waals surface area contributed by atoms with Gasteiger partial charge >= 0.3 is 0 Å². The number of anilines is 1. The lowest BCUT2D eigenvalue weighted by molar-refractivity contribution is 0.0972. The van der Waals surface area contributed by atoms with Crippen LogP contribution in [0.15, 0.2) is 47.3 Å². The second kappa shape index (κ2) is 6.37. The van der Waals surface area contributed by atoms with Crippen LogP contribution in [0.25, 0.3) is 10.9 Å². The van der Waals surface area contributed by atoms with Crippen LogP contribution in [-0.4, -0.2) is 10.8 Å². The standard InChI is InChI=1S/C20H17ClN2O2/c21-14-7-8-17-12(10-14)9-13(20(25)23-17)11-22-18-5-1-4-16-15(18)3-2-6-19(16)24/h1,4-5,7-10,22H,2-3,6,11H2,(H,23,25). The van der Waals surface area contributed by atoms with Gasteiger partial charge in [-0.1, -0.05) is 23.7 Å². The lowest BCUT2D eigenvalue weighted by Gasteiger charge is -2.19. The molecule has 0 saturated heterocycles. The summed E-state index contributed by atoms with van der Waals surface area (Å²) in [5, 5.41) is 4.86. The summed E-state index contributed by atoms with van der Waals surface area (Å²) in [7, 11) is 0. The lowest BCUT2D eigenvalue weighted by Crippen LogP contribution is -2.17. The van der Waals surface area contributed by atoms with Gasteiger partial charge in [-0.25, -0.2) is 0 Å². The van der Waals surface area contributed by atoms with E-state index in [1.54, 1.807) is 12.1 Å². The number of fused-ring (bicyclic) bond motifs is 2. The van der Waals surface area contributed by atoms with E-state index in [-0.39, 0.29) is 11.3 Å². The number of carbonyl (C=O) groups excluding carboxylic acids is 1. The quantitative estimate of drug-likeness (QED) is 0.738. The molecule has 0 atom stereocenters. The maximum absolute atomic E-state index is 12.3. The number of H-pyrrole nitrogens is 1. The SMILES string of the molecule is O=C1CCCc2c(NCc3cc4cc(Cl)ccc4[nH]c3=O)cccc21. The van der Waals surface area contributed by atoms with Crippen molar-refractivity contribution in [2.24, 2.45) is 0 Å². The minimum atomic E-state index is -0.122. The molecule has 2 aromatic carbocycles. The van der Waals surface area contributed by atoms with Crippen LogP contribution in [0.1, 0.15) is 34.3 Å². The predicted molar refractivity (Wildman–Crippen MR) is 101 cm³/mol. The first-order chi connectivity index (χ1) is 12.1. The third-order valence-electron chi connectivity index (χ3n) is 4.66. The minimum absolute atomic E-state index is 0.122. The molecule has 25 heavy (non-hydrogen) atoms. The van der Waals surface area contributed by atoms with Gasteiger partial charge in [0, 0.05) is 45.7 Å². The second-order valence-electron chi connectivity index (χ2n) is 6.32. The predicted octanol–water partition coefficient (Wildman–Crippen LogP) is 4.31. The van der Waals surface area contributed by atoms with E-state index in [0.29, 0.717) is 23.6 Å². The van der Waals surface area contributed by atoms with Gasteiger partial charge in [-0.05, 0) is 48.7 Å². The maximum atomic E-state index is 12.3. The van der Waals surface area contributed by atoms with Crippen LogP contribution in [0.4, 0.5) is 5.69 Å². The van der Waals surface area contributed by atoms with Gasteiger partial charge in [0.15, 0.2) is 5.78 Å². The highest BCUT2D eigenvalue weighted by atomic mass is 35.5. The van der Waals surface area contributed by atoms with Gasteiger partial charge in [-0.2, -0.15) is 0 Å². The lowest BCUT2D eigenvalue weighted by atomic mass is 9.89. The Morgan fingerprint density at radius 3 is 2.84 bits per heavy atom. The first kappa shape index (κ1) is 15.9. The highest BCUT2D eigenvalue weighted by Crippen LogP contribution is 2.28. The molecular formula is C20H17ClN2O2. The van der Waals surface area contributed by atoms with Crippen LogP contribution >= 0.6 is 11.6 Å². The number of hydrogen-bond acceptors (Lipinski definition) is 3. The average Bonchev–Trinajstić information content (AvgIpc) is 2.61. The zero-order chi connectivity index (χ0) is 17.4. The van der Waals surface area contributed by atoms with E-state index in [1.165, 1.54) is 0 Å². The van der Waals surface area contributed by atoms with E-state index in [0.717, 1.165) is 40.6 Å². The molecule has 1 aliphatic rings. The van der Waals surface area contributed by atoms with Crippen molar-refractivity contribution in [3.05, 3.63) is 74.5 Å². The summed E-state index contributed by atoms with van der Waals surface area (Å²) >= 11 is 6.04. The van der Waals surface area contributed by atoms with Crippen LogP contribution < -0.4 is 10.9 Å². The highest BCUT2D eigenvalue weighted by Gasteiger charge is 2.19. The molecule has 0 bridgehead atoms. The van der Waals surface area contributed by atoms with Gasteiger partial charge in [-0.3, -0.25) is 9.59 Å². The molecule has 4 nitrogen and oxygen atoms in total. The number of aromatic nitrogens is 1. The molecule has 1 heterocycles. The molecule has 0 radical (unpaired) electrons. The zero-order valence-corrected chi connectivity index (χ0v) is 14.3. The van der Waals surface area contributed by atoms with Gasteiger partial charge in [0.1, 0.15) is 0 Å². The fourth-order valence-electron chi connectivity index (χ4n) is 3.39. The summed E-state index contributed by atoms with van der Waals surface area (Å²) in [5.41, 5.74) is 4.06. The molecule has 0 aliphatic heterocycles. The van der Waals surface area contributed by atoms with E-state index < -0.39 is 0 Å². The van der Waals surface area contributed by atoms with Gasteiger partial charge in [0.25, 0.3) is 5.56 Å². The van der Waals surface area contributed by atoms with Crippen LogP contribution in [-0.2, 0) is 13.0 Å². The van der Waals surface area contributed by atoms with Gasteiger partial charge < -0.3 is 10.3 Å². The summed E-state index contributed by atoms with van der Waals surface area (Å²) < 4.78 is 0. The first-order valence-electron chi connectivity index (χ1n) is 8.32. The summed E-state index contributed by atoms with van der Waals surface area (Å²) in [4.78, 5) is 27.2. The van der Waals surface area contributed by atoms with Crippen LogP contribution in [0, 0.1) is 0 Å². The summed E-state index contributed by atoms with van der Waals surface area (Å²) in [6.07, 6.45) is 2.37. The van der Waals surface area contributed by atoms with Gasteiger partial charge in [-0.15, -0.1) is 0 Å². The molecule has 126 valence electrons. The normalized spacial score (nSPS) is 13.7. The Hall–Kier alpha value is -2.59. The van der Waals surface area contributed by atoms with Crippen LogP contribution in [0.2, 0.25) is 5.02 Å². The van der Waals surface area contributed by atoms with Crippen molar-refractivity contribution in [2.75, 3.05) is 5.32 Å². The Kier molecular flexibility index (Phi) is 4.06. The Morgan fingerprint density at radius 2 is 1.96 bits per heavy atom. The largest absolute Gasteiger partial charge is 0.381 e. The average molecular weight is 353 g/mol. The van der Waals surface area contributed by atoms with Crippen molar-refractivity contribution in [1.82, 2.24) is 4.98 Å². The number of hydrogen-bond donors (Lipinski definition) is 2. The molecule has 0 spiro atoms. The Bertz CT molecular complexity index is 1040. The van der Waals surface area contributed by atoms with Crippen molar-refractivity contribution in [1.29, 1.82) is 0 Å². The van der Waals surface area contributed by atoms with Crippen LogP contribution in [0.3, 0.4) is 0 Å². The molecule has 0 amide bonds. The topological polar surface area (TPSA) is 62.0 Å². The Morgan fingerprint density at radius 1 is 1.08 bits per heavy atom. The van der Waals surface area contributed by atoms with E-state index in [9.17, 15) is 9.59 Å². The van der Waals surface area contributed by atoms with Crippen molar-refractivity contribution in [3.63, 3.8) is 0 Å². The van der Waals surface area contributed by atoms with Crippen molar-refractivity contribution in [2.45, 2.75) is 25.8 Å². The third-order valence-corrected chi connectivity index (χ3v) is 4.89. The van der Waals surface area contributed by atoms with Crippen LogP contribution in [0.5, 0.6) is 0 Å².